The monoisotopic (exact) mass is 320 g/mol. The molecule has 0 saturated carbocycles. The zero-order valence-corrected chi connectivity index (χ0v) is 12.8. The first kappa shape index (κ1) is 14.3. The molecule has 2 aromatic carbocycles. The Labute approximate surface area is 138 Å². The zero-order valence-electron chi connectivity index (χ0n) is 12.8. The number of hydrogen-bond donors (Lipinski definition) is 4. The Morgan fingerprint density at radius 2 is 2.00 bits per heavy atom. The fourth-order valence-corrected chi connectivity index (χ4v) is 2.95. The van der Waals surface area contributed by atoms with E-state index in [0.29, 0.717) is 5.82 Å². The zero-order chi connectivity index (χ0) is 16.5. The number of fused-ring (bicyclic) bond motifs is 3. The summed E-state index contributed by atoms with van der Waals surface area (Å²) in [7, 11) is 0. The van der Waals surface area contributed by atoms with Gasteiger partial charge in [-0.05, 0) is 40.8 Å². The number of rotatable bonds is 3. The molecule has 0 unspecified atom stereocenters. The van der Waals surface area contributed by atoms with Crippen molar-refractivity contribution in [1.29, 1.82) is 0 Å². The van der Waals surface area contributed by atoms with Crippen LogP contribution in [-0.2, 0) is 13.0 Å². The van der Waals surface area contributed by atoms with Gasteiger partial charge in [0.1, 0.15) is 5.82 Å². The van der Waals surface area contributed by atoms with E-state index in [0.717, 1.165) is 12.1 Å². The maximum atomic E-state index is 12.0. The average Bonchev–Trinajstić information content (AvgIpc) is 3.15. The predicted molar refractivity (Wildman–Crippen MR) is 91.3 cm³/mol. The van der Waals surface area contributed by atoms with Crippen molar-refractivity contribution in [3.63, 3.8) is 0 Å². The number of carbonyl (C=O) groups is 1. The number of nitrogens with two attached hydrogens (primary N) is 1. The third-order valence-electron chi connectivity index (χ3n) is 4.02. The standard InChI is InChI=1S/C17H16N6O/c18-16-21-15(22-23-16)9-19-17(24)20-12-5-6-14-11(8-12)7-10-3-1-2-4-13(10)14/h1-6,8H,7,9H2,(H2,19,20,24)(H3,18,21,22,23). The molecule has 3 aromatic rings. The van der Waals surface area contributed by atoms with Crippen LogP contribution in [0.4, 0.5) is 16.4 Å². The van der Waals surface area contributed by atoms with Crippen LogP contribution in [0.25, 0.3) is 11.1 Å². The Balaban J connectivity index is 1.43. The highest BCUT2D eigenvalue weighted by Crippen LogP contribution is 2.37. The van der Waals surface area contributed by atoms with E-state index in [1.165, 1.54) is 22.3 Å². The van der Waals surface area contributed by atoms with Gasteiger partial charge in [0, 0.05) is 5.69 Å². The lowest BCUT2D eigenvalue weighted by molar-refractivity contribution is 0.251. The highest BCUT2D eigenvalue weighted by molar-refractivity contribution is 5.90. The number of amides is 2. The molecule has 7 nitrogen and oxygen atoms in total. The van der Waals surface area contributed by atoms with Crippen LogP contribution in [0.15, 0.2) is 42.5 Å². The molecule has 4 rings (SSSR count). The van der Waals surface area contributed by atoms with E-state index >= 15 is 0 Å². The normalized spacial score (nSPS) is 11.7. The SMILES string of the molecule is Nc1n[nH]c(CNC(=O)Nc2ccc3c(c2)Cc2ccccc2-3)n1. The molecule has 0 bridgehead atoms. The van der Waals surface area contributed by atoms with E-state index in [1.54, 1.807) is 0 Å². The van der Waals surface area contributed by atoms with Crippen molar-refractivity contribution >= 4 is 17.7 Å². The van der Waals surface area contributed by atoms with Crippen LogP contribution in [0.5, 0.6) is 0 Å². The highest BCUT2D eigenvalue weighted by Gasteiger charge is 2.18. The maximum absolute atomic E-state index is 12.0. The number of nitrogens with one attached hydrogen (secondary N) is 3. The van der Waals surface area contributed by atoms with Gasteiger partial charge in [0.15, 0.2) is 0 Å². The smallest absolute Gasteiger partial charge is 0.319 e. The van der Waals surface area contributed by atoms with E-state index in [1.807, 2.05) is 30.3 Å². The molecule has 7 heteroatoms. The Hall–Kier alpha value is -3.35. The fourth-order valence-electron chi connectivity index (χ4n) is 2.95. The van der Waals surface area contributed by atoms with Gasteiger partial charge in [0.25, 0.3) is 0 Å². The van der Waals surface area contributed by atoms with E-state index in [-0.39, 0.29) is 18.5 Å². The van der Waals surface area contributed by atoms with Gasteiger partial charge in [-0.15, -0.1) is 5.10 Å². The summed E-state index contributed by atoms with van der Waals surface area (Å²) in [6.07, 6.45) is 0.889. The first-order chi connectivity index (χ1) is 11.7. The predicted octanol–water partition coefficient (Wildman–Crippen LogP) is 2.28. The summed E-state index contributed by atoms with van der Waals surface area (Å²) in [5.74, 6) is 0.664. The number of H-pyrrole nitrogens is 1. The second-order valence-electron chi connectivity index (χ2n) is 5.65. The Morgan fingerprint density at radius 3 is 2.83 bits per heavy atom. The summed E-state index contributed by atoms with van der Waals surface area (Å²) >= 11 is 0. The van der Waals surface area contributed by atoms with Crippen LogP contribution in [0, 0.1) is 0 Å². The number of hydrogen-bond acceptors (Lipinski definition) is 4. The number of benzene rings is 2. The minimum absolute atomic E-state index is 0.158. The largest absolute Gasteiger partial charge is 0.367 e. The molecule has 0 spiro atoms. The lowest BCUT2D eigenvalue weighted by Gasteiger charge is -2.08. The number of urea groups is 1. The molecule has 0 radical (unpaired) electrons. The first-order valence-corrected chi connectivity index (χ1v) is 7.62. The van der Waals surface area contributed by atoms with Gasteiger partial charge in [-0.2, -0.15) is 4.98 Å². The van der Waals surface area contributed by atoms with Crippen molar-refractivity contribution in [3.8, 4) is 11.1 Å². The molecule has 1 aliphatic rings. The number of aromatic nitrogens is 3. The van der Waals surface area contributed by atoms with Crippen LogP contribution in [0.3, 0.4) is 0 Å². The molecule has 120 valence electrons. The average molecular weight is 320 g/mol. The van der Waals surface area contributed by atoms with Gasteiger partial charge < -0.3 is 16.4 Å². The Bertz CT molecular complexity index is 917. The molecule has 1 aliphatic carbocycles. The van der Waals surface area contributed by atoms with Crippen LogP contribution in [0.1, 0.15) is 17.0 Å². The molecule has 24 heavy (non-hydrogen) atoms. The molecule has 1 heterocycles. The van der Waals surface area contributed by atoms with Crippen molar-refractivity contribution < 1.29 is 4.79 Å². The van der Waals surface area contributed by atoms with Crippen molar-refractivity contribution in [2.45, 2.75) is 13.0 Å². The van der Waals surface area contributed by atoms with Crippen molar-refractivity contribution in [2.75, 3.05) is 11.1 Å². The summed E-state index contributed by atoms with van der Waals surface area (Å²) in [4.78, 5) is 15.9. The van der Waals surface area contributed by atoms with Gasteiger partial charge >= 0.3 is 6.03 Å². The van der Waals surface area contributed by atoms with Gasteiger partial charge in [-0.25, -0.2) is 4.79 Å². The quantitative estimate of drug-likeness (QED) is 0.464. The minimum Gasteiger partial charge on any atom is -0.367 e. The van der Waals surface area contributed by atoms with Gasteiger partial charge in [-0.1, -0.05) is 30.3 Å². The highest BCUT2D eigenvalue weighted by atomic mass is 16.2. The lowest BCUT2D eigenvalue weighted by atomic mass is 10.1. The van der Waals surface area contributed by atoms with Gasteiger partial charge in [-0.3, -0.25) is 5.10 Å². The minimum atomic E-state index is -0.305. The topological polar surface area (TPSA) is 109 Å². The number of nitrogen functional groups attached to an aromatic ring is 1. The fraction of sp³-hybridized carbons (Fsp3) is 0.118. The summed E-state index contributed by atoms with van der Waals surface area (Å²) in [6, 6.07) is 14.0. The molecule has 1 aromatic heterocycles. The van der Waals surface area contributed by atoms with E-state index in [4.69, 9.17) is 5.73 Å². The molecule has 0 fully saturated rings. The first-order valence-electron chi connectivity index (χ1n) is 7.62. The van der Waals surface area contributed by atoms with E-state index in [2.05, 4.69) is 37.9 Å². The Morgan fingerprint density at radius 1 is 1.17 bits per heavy atom. The second kappa shape index (κ2) is 5.69. The molecular formula is C17H16N6O. The van der Waals surface area contributed by atoms with Crippen LogP contribution >= 0.6 is 0 Å². The van der Waals surface area contributed by atoms with Crippen molar-refractivity contribution in [2.24, 2.45) is 0 Å². The summed E-state index contributed by atoms with van der Waals surface area (Å²) in [6.45, 7) is 0.229. The van der Waals surface area contributed by atoms with Crippen LogP contribution in [-0.4, -0.2) is 21.2 Å². The maximum Gasteiger partial charge on any atom is 0.319 e. The molecule has 5 N–H and O–H groups in total. The van der Waals surface area contributed by atoms with Crippen LogP contribution < -0.4 is 16.4 Å². The summed E-state index contributed by atoms with van der Waals surface area (Å²) in [5, 5.41) is 11.9. The summed E-state index contributed by atoms with van der Waals surface area (Å²) in [5.41, 5.74) is 11.2. The molecule has 0 aliphatic heterocycles. The third kappa shape index (κ3) is 2.67. The second-order valence-corrected chi connectivity index (χ2v) is 5.65. The molecular weight excluding hydrogens is 304 g/mol. The molecule has 0 saturated heterocycles. The van der Waals surface area contributed by atoms with Crippen molar-refractivity contribution in [3.05, 3.63) is 59.4 Å². The third-order valence-corrected chi connectivity index (χ3v) is 4.02. The Kier molecular flexibility index (Phi) is 3.38. The molecule has 2 amide bonds. The number of anilines is 2. The number of aromatic amines is 1. The van der Waals surface area contributed by atoms with Gasteiger partial charge in [0.05, 0.1) is 6.54 Å². The van der Waals surface area contributed by atoms with Crippen molar-refractivity contribution in [1.82, 2.24) is 20.5 Å². The van der Waals surface area contributed by atoms with Gasteiger partial charge in [0.2, 0.25) is 5.95 Å². The number of carbonyl (C=O) groups excluding carboxylic acids is 1. The van der Waals surface area contributed by atoms with E-state index in [9.17, 15) is 4.79 Å². The summed E-state index contributed by atoms with van der Waals surface area (Å²) < 4.78 is 0. The lowest BCUT2D eigenvalue weighted by Crippen LogP contribution is -2.28. The number of nitrogens with zero attached hydrogens (tertiary/aromatic N) is 2. The molecule has 0 atom stereocenters. The van der Waals surface area contributed by atoms with E-state index < -0.39 is 0 Å². The van der Waals surface area contributed by atoms with Crippen LogP contribution in [0.2, 0.25) is 0 Å².